The SMILES string of the molecule is [C-]#[N+]C[C@H]1CN(c2nc(OC[C@@H]3CCN(C)C3)nc3c(F)c(-c4cccc5ccc(F)c(Cl)c45)ncc23)CCN1C(=O)C(=C)F. The molecule has 0 N–H and O–H groups in total. The first-order chi connectivity index (χ1) is 21.7. The molecule has 2 fully saturated rings. The van der Waals surface area contributed by atoms with Crippen molar-refractivity contribution in [2.24, 2.45) is 5.92 Å². The van der Waals surface area contributed by atoms with E-state index in [1.165, 1.54) is 17.2 Å². The van der Waals surface area contributed by atoms with Gasteiger partial charge in [-0.05, 0) is 31.5 Å². The standard InChI is InChI=1S/C32H29ClF3N7O2/c1-18(34)31(44)43-12-11-42(16-21(43)13-37-2)30-23-14-38-28(22-6-4-5-20-7-8-24(35)26(33)25(20)22)27(36)29(23)39-32(40-30)45-17-19-9-10-41(3)15-19/h4-8,14,19,21H,1,9-13,15-17H2,3H3/t19-,21+/m1/s1. The Kier molecular flexibility index (Phi) is 8.48. The van der Waals surface area contributed by atoms with Crippen molar-refractivity contribution in [1.29, 1.82) is 0 Å². The predicted octanol–water partition coefficient (Wildman–Crippen LogP) is 5.53. The summed E-state index contributed by atoms with van der Waals surface area (Å²) in [6.07, 6.45) is 2.38. The highest BCUT2D eigenvalue weighted by Gasteiger charge is 2.35. The molecule has 45 heavy (non-hydrogen) atoms. The van der Waals surface area contributed by atoms with E-state index in [0.29, 0.717) is 28.8 Å². The number of nitrogens with zero attached hydrogens (tertiary/aromatic N) is 7. The molecule has 0 saturated carbocycles. The number of ether oxygens (including phenoxy) is 1. The number of pyridine rings is 1. The van der Waals surface area contributed by atoms with Gasteiger partial charge in [0, 0.05) is 49.2 Å². The van der Waals surface area contributed by atoms with Gasteiger partial charge >= 0.3 is 6.01 Å². The first-order valence-corrected chi connectivity index (χ1v) is 14.8. The number of carbonyl (C=O) groups excluding carboxylic acids is 1. The third-order valence-electron chi connectivity index (χ3n) is 8.35. The van der Waals surface area contributed by atoms with Gasteiger partial charge in [-0.1, -0.05) is 42.4 Å². The van der Waals surface area contributed by atoms with Gasteiger partial charge in [0.25, 0.3) is 5.91 Å². The van der Waals surface area contributed by atoms with E-state index in [1.54, 1.807) is 29.2 Å². The van der Waals surface area contributed by atoms with Gasteiger partial charge in [-0.25, -0.2) is 19.7 Å². The van der Waals surface area contributed by atoms with Crippen LogP contribution in [0.2, 0.25) is 5.02 Å². The van der Waals surface area contributed by atoms with Gasteiger partial charge in [0.2, 0.25) is 6.54 Å². The molecule has 4 aromatic rings. The molecular formula is C32H29ClF3N7O2. The number of carbonyl (C=O) groups is 1. The normalized spacial score (nSPS) is 18.8. The lowest BCUT2D eigenvalue weighted by Crippen LogP contribution is -2.56. The summed E-state index contributed by atoms with van der Waals surface area (Å²) >= 11 is 6.35. The van der Waals surface area contributed by atoms with Crippen LogP contribution in [0.15, 0.2) is 48.9 Å². The number of amides is 1. The molecule has 0 bridgehead atoms. The molecule has 9 nitrogen and oxygen atoms in total. The molecule has 0 unspecified atom stereocenters. The quantitative estimate of drug-likeness (QED) is 0.195. The fourth-order valence-corrected chi connectivity index (χ4v) is 6.38. The van der Waals surface area contributed by atoms with Crippen molar-refractivity contribution in [3.05, 3.63) is 77.0 Å². The fourth-order valence-electron chi connectivity index (χ4n) is 6.11. The maximum Gasteiger partial charge on any atom is 0.319 e. The van der Waals surface area contributed by atoms with E-state index in [4.69, 9.17) is 22.9 Å². The van der Waals surface area contributed by atoms with Crippen LogP contribution in [-0.4, -0.2) is 89.6 Å². The summed E-state index contributed by atoms with van der Waals surface area (Å²) in [5, 5.41) is 1.06. The number of halogens is 4. The maximum atomic E-state index is 16.6. The van der Waals surface area contributed by atoms with Crippen molar-refractivity contribution in [3.8, 4) is 17.3 Å². The zero-order valence-corrected chi connectivity index (χ0v) is 25.2. The molecule has 2 aromatic heterocycles. The van der Waals surface area contributed by atoms with E-state index in [9.17, 15) is 13.6 Å². The number of piperazine rings is 1. The van der Waals surface area contributed by atoms with Crippen LogP contribution in [0.25, 0.3) is 37.8 Å². The van der Waals surface area contributed by atoms with Crippen LogP contribution in [0.1, 0.15) is 6.42 Å². The molecule has 13 heteroatoms. The summed E-state index contributed by atoms with van der Waals surface area (Å²) in [4.78, 5) is 34.8. The third-order valence-corrected chi connectivity index (χ3v) is 8.72. The second-order valence-electron chi connectivity index (χ2n) is 11.3. The minimum Gasteiger partial charge on any atom is -0.463 e. The number of fused-ring (bicyclic) bond motifs is 2. The molecule has 6 rings (SSSR count). The Bertz CT molecular complexity index is 1870. The molecule has 0 spiro atoms. The Morgan fingerprint density at radius 2 is 2.00 bits per heavy atom. The van der Waals surface area contributed by atoms with Crippen LogP contribution in [0.5, 0.6) is 6.01 Å². The third kappa shape index (κ3) is 5.85. The Labute approximate surface area is 262 Å². The Morgan fingerprint density at radius 3 is 2.73 bits per heavy atom. The molecule has 2 aliphatic heterocycles. The lowest BCUT2D eigenvalue weighted by Gasteiger charge is -2.39. The van der Waals surface area contributed by atoms with Crippen molar-refractivity contribution in [2.75, 3.05) is 57.8 Å². The van der Waals surface area contributed by atoms with Gasteiger partial charge in [-0.2, -0.15) is 9.97 Å². The van der Waals surface area contributed by atoms with Gasteiger partial charge in [0.05, 0.1) is 17.0 Å². The van der Waals surface area contributed by atoms with Crippen molar-refractivity contribution >= 4 is 45.0 Å². The Hall–Kier alpha value is -4.47. The molecular weight excluding hydrogens is 607 g/mol. The summed E-state index contributed by atoms with van der Waals surface area (Å²) in [5.41, 5.74) is 0.158. The monoisotopic (exact) mass is 635 g/mol. The fraction of sp³-hybridized carbons (Fsp3) is 0.344. The second kappa shape index (κ2) is 12.5. The summed E-state index contributed by atoms with van der Waals surface area (Å²) in [6, 6.07) is 7.19. The lowest BCUT2D eigenvalue weighted by atomic mass is 10.0. The molecule has 4 heterocycles. The number of benzene rings is 2. The van der Waals surface area contributed by atoms with Gasteiger partial charge in [-0.3, -0.25) is 9.78 Å². The number of likely N-dealkylation sites (tertiary alicyclic amines) is 1. The molecule has 2 saturated heterocycles. The number of anilines is 1. The highest BCUT2D eigenvalue weighted by molar-refractivity contribution is 6.36. The molecule has 2 atom stereocenters. The minimum atomic E-state index is -1.11. The van der Waals surface area contributed by atoms with E-state index in [-0.39, 0.29) is 59.7 Å². The molecule has 232 valence electrons. The highest BCUT2D eigenvalue weighted by Crippen LogP contribution is 2.38. The largest absolute Gasteiger partial charge is 0.463 e. The van der Waals surface area contributed by atoms with Crippen LogP contribution < -0.4 is 9.64 Å². The molecule has 0 aliphatic carbocycles. The van der Waals surface area contributed by atoms with E-state index in [1.807, 2.05) is 7.05 Å². The zero-order chi connectivity index (χ0) is 31.8. The first kappa shape index (κ1) is 30.6. The number of hydrogen-bond donors (Lipinski definition) is 0. The van der Waals surface area contributed by atoms with Gasteiger partial charge in [0.1, 0.15) is 28.9 Å². The maximum absolute atomic E-state index is 16.6. The van der Waals surface area contributed by atoms with E-state index >= 15 is 4.39 Å². The van der Waals surface area contributed by atoms with Crippen molar-refractivity contribution < 1.29 is 22.7 Å². The molecule has 1 amide bonds. The molecule has 0 radical (unpaired) electrons. The summed E-state index contributed by atoms with van der Waals surface area (Å²) in [6.45, 7) is 13.0. The average molecular weight is 636 g/mol. The lowest BCUT2D eigenvalue weighted by molar-refractivity contribution is -0.131. The van der Waals surface area contributed by atoms with Gasteiger partial charge in [-0.15, -0.1) is 0 Å². The van der Waals surface area contributed by atoms with Crippen LogP contribution in [-0.2, 0) is 4.79 Å². The Morgan fingerprint density at radius 1 is 1.18 bits per heavy atom. The second-order valence-corrected chi connectivity index (χ2v) is 11.7. The van der Waals surface area contributed by atoms with Crippen LogP contribution in [0.4, 0.5) is 19.0 Å². The van der Waals surface area contributed by atoms with Crippen LogP contribution in [0.3, 0.4) is 0 Å². The minimum absolute atomic E-state index is 0.0394. The summed E-state index contributed by atoms with van der Waals surface area (Å²) in [7, 11) is 2.03. The van der Waals surface area contributed by atoms with Gasteiger partial charge < -0.3 is 24.3 Å². The Balaban J connectivity index is 1.46. The van der Waals surface area contributed by atoms with Crippen molar-refractivity contribution in [1.82, 2.24) is 24.8 Å². The summed E-state index contributed by atoms with van der Waals surface area (Å²) < 4.78 is 50.9. The number of aromatic nitrogens is 3. The van der Waals surface area contributed by atoms with Crippen LogP contribution in [0, 0.1) is 24.1 Å². The number of hydrogen-bond acceptors (Lipinski definition) is 7. The smallest absolute Gasteiger partial charge is 0.319 e. The van der Waals surface area contributed by atoms with E-state index < -0.39 is 29.4 Å². The first-order valence-electron chi connectivity index (χ1n) is 14.4. The van der Waals surface area contributed by atoms with Crippen molar-refractivity contribution in [3.63, 3.8) is 0 Å². The van der Waals surface area contributed by atoms with Crippen molar-refractivity contribution in [2.45, 2.75) is 12.5 Å². The van der Waals surface area contributed by atoms with Crippen LogP contribution >= 0.6 is 11.6 Å². The topological polar surface area (TPSA) is 79.1 Å². The molecule has 2 aromatic carbocycles. The molecule has 2 aliphatic rings. The zero-order valence-electron chi connectivity index (χ0n) is 24.4. The highest BCUT2D eigenvalue weighted by atomic mass is 35.5. The van der Waals surface area contributed by atoms with Gasteiger partial charge in [0.15, 0.2) is 11.6 Å². The summed E-state index contributed by atoms with van der Waals surface area (Å²) in [5.74, 6) is -2.84. The van der Waals surface area contributed by atoms with E-state index in [2.05, 4.69) is 31.3 Å². The van der Waals surface area contributed by atoms with E-state index in [0.717, 1.165) is 19.5 Å². The predicted molar refractivity (Wildman–Crippen MR) is 166 cm³/mol. The average Bonchev–Trinajstić information content (AvgIpc) is 3.46. The number of rotatable bonds is 7.